The second kappa shape index (κ2) is 51.3. The summed E-state index contributed by atoms with van der Waals surface area (Å²) in [6.07, 6.45) is -0.280. The molecule has 0 aliphatic heterocycles. The van der Waals surface area contributed by atoms with Crippen LogP contribution in [0.25, 0.3) is 0 Å². The highest BCUT2D eigenvalue weighted by molar-refractivity contribution is 6.01. The summed E-state index contributed by atoms with van der Waals surface area (Å²) in [7, 11) is 0. The maximum absolute atomic E-state index is 14.2. The third-order valence-corrected chi connectivity index (χ3v) is 18.2. The SMILES string of the molecule is CC[C@H](C)[C@H](NC(=O)CNC(=O)[C@H](C)NC(=O)[C@H](C)NC(=O)[C@H](C)NC(=O)[C@H](CC(N)=O)NC(=O)CNC(=O)[C@H](C)NC(=O)CNC(=O)[C@H](Cc1cnc[nH]1)NC(=O)[C@H](CC(C)C)NC(=O)[C@H](CC(C)C)NC(=O)[C@H](CCC(=O)O)NC(=O)[C@@H](N)Cc1ccc(O)cc1)C(=O)N[C@@H](CC(C)C)C(=O)N[C@H](C(=O)N[C@@H](CC(C)C)C(N)=O)[C@@H](C)O. The first-order chi connectivity index (χ1) is 55.5. The summed E-state index contributed by atoms with van der Waals surface area (Å²) < 4.78 is 0. The lowest BCUT2D eigenvalue weighted by atomic mass is 9.96. The van der Waals surface area contributed by atoms with Crippen molar-refractivity contribution in [3.05, 3.63) is 48.0 Å². The molecule has 1 aromatic carbocycles. The summed E-state index contributed by atoms with van der Waals surface area (Å²) >= 11 is 0. The van der Waals surface area contributed by atoms with Crippen LogP contribution in [0, 0.1) is 29.6 Å². The molecule has 2 aromatic rings. The maximum atomic E-state index is 14.2. The first kappa shape index (κ1) is 103. The van der Waals surface area contributed by atoms with Gasteiger partial charge in [-0.15, -0.1) is 0 Å². The summed E-state index contributed by atoms with van der Waals surface area (Å²) in [5.74, 6) is -19.2. The average molecular weight is 1680 g/mol. The van der Waals surface area contributed by atoms with Crippen LogP contribution in [0.2, 0.25) is 0 Å². The third-order valence-electron chi connectivity index (χ3n) is 18.2. The van der Waals surface area contributed by atoms with Gasteiger partial charge in [-0.25, -0.2) is 4.98 Å². The molecule has 2 rings (SSSR count). The molecule has 18 amide bonds. The highest BCUT2D eigenvalue weighted by Crippen LogP contribution is 2.16. The number of amides is 18. The number of aliphatic hydroxyl groups is 1. The highest BCUT2D eigenvalue weighted by Gasteiger charge is 2.38. The Morgan fingerprint density at radius 1 is 0.412 bits per heavy atom. The molecule has 1 heterocycles. The van der Waals surface area contributed by atoms with Gasteiger partial charge in [0.2, 0.25) is 106 Å². The van der Waals surface area contributed by atoms with Crippen molar-refractivity contribution in [3.8, 4) is 5.75 Å². The average Bonchev–Trinajstić information content (AvgIpc) is 1.22. The molecule has 0 aliphatic rings. The van der Waals surface area contributed by atoms with Crippen molar-refractivity contribution in [2.75, 3.05) is 19.6 Å². The lowest BCUT2D eigenvalue weighted by molar-refractivity contribution is -0.138. The lowest BCUT2D eigenvalue weighted by Crippen LogP contribution is -2.61. The van der Waals surface area contributed by atoms with Crippen LogP contribution in [0.4, 0.5) is 0 Å². The number of hydrogen-bond acceptors (Lipinski definition) is 23. The number of nitrogens with two attached hydrogens (primary N) is 3. The second-order valence-corrected chi connectivity index (χ2v) is 31.1. The lowest BCUT2D eigenvalue weighted by Gasteiger charge is -2.29. The van der Waals surface area contributed by atoms with Crippen molar-refractivity contribution in [2.24, 2.45) is 46.8 Å². The number of H-pyrrole nitrogens is 1. The van der Waals surface area contributed by atoms with Gasteiger partial charge in [-0.2, -0.15) is 0 Å². The number of carboxylic acids is 1. The minimum Gasteiger partial charge on any atom is -0.508 e. The number of rotatable bonds is 53. The number of primary amides is 2. The number of carbonyl (C=O) groups excluding carboxylic acids is 18. The van der Waals surface area contributed by atoms with Gasteiger partial charge in [-0.3, -0.25) is 91.1 Å². The predicted molar refractivity (Wildman–Crippen MR) is 428 cm³/mol. The Kier molecular flexibility index (Phi) is 44.5. The zero-order valence-corrected chi connectivity index (χ0v) is 70.0. The van der Waals surface area contributed by atoms with Crippen LogP contribution < -0.4 is 102 Å². The van der Waals surface area contributed by atoms with Crippen LogP contribution in [0.15, 0.2) is 36.8 Å². The molecule has 16 atom stereocenters. The quantitative estimate of drug-likeness (QED) is 0.0293. The topological polar surface area (TPSA) is 684 Å². The van der Waals surface area contributed by atoms with Crippen LogP contribution >= 0.6 is 0 Å². The van der Waals surface area contributed by atoms with Crippen molar-refractivity contribution in [2.45, 2.75) is 259 Å². The minimum atomic E-state index is -1.74. The Bertz CT molecular complexity index is 3820. The van der Waals surface area contributed by atoms with E-state index < -0.39 is 248 Å². The first-order valence-electron chi connectivity index (χ1n) is 39.3. The van der Waals surface area contributed by atoms with E-state index in [1.54, 1.807) is 69.2 Å². The number of phenols is 1. The Hall–Kier alpha value is -11.9. The molecule has 43 nitrogen and oxygen atoms in total. The number of nitrogens with zero attached hydrogens (tertiary/aromatic N) is 1. The van der Waals surface area contributed by atoms with E-state index in [2.05, 4.69) is 95.0 Å². The van der Waals surface area contributed by atoms with E-state index in [1.807, 2.05) is 0 Å². The molecular weight excluding hydrogens is 1560 g/mol. The molecule has 0 radical (unpaired) electrons. The number of nitrogens with one attached hydrogen (secondary N) is 17. The predicted octanol–water partition coefficient (Wildman–Crippen LogP) is -6.20. The molecule has 0 saturated carbocycles. The molecule has 119 heavy (non-hydrogen) atoms. The van der Waals surface area contributed by atoms with E-state index >= 15 is 0 Å². The second-order valence-electron chi connectivity index (χ2n) is 31.1. The summed E-state index contributed by atoms with van der Waals surface area (Å²) in [5.41, 5.74) is 17.9. The van der Waals surface area contributed by atoms with Gasteiger partial charge in [0.05, 0.1) is 44.5 Å². The minimum absolute atomic E-state index is 0.00284. The van der Waals surface area contributed by atoms with E-state index in [0.29, 0.717) is 17.7 Å². The number of hydrogen-bond donors (Lipinski definition) is 23. The Morgan fingerprint density at radius 3 is 1.24 bits per heavy atom. The van der Waals surface area contributed by atoms with E-state index in [9.17, 15) is 106 Å². The molecule has 43 heteroatoms. The number of aromatic amines is 1. The number of aliphatic carboxylic acids is 1. The van der Waals surface area contributed by atoms with Gasteiger partial charge < -0.3 is 123 Å². The van der Waals surface area contributed by atoms with Gasteiger partial charge >= 0.3 is 5.97 Å². The third kappa shape index (κ3) is 39.3. The summed E-state index contributed by atoms with van der Waals surface area (Å²) in [6, 6.07) is -13.6. The molecule has 0 saturated heterocycles. The number of carbonyl (C=O) groups is 19. The van der Waals surface area contributed by atoms with E-state index in [-0.39, 0.29) is 67.9 Å². The van der Waals surface area contributed by atoms with E-state index in [1.165, 1.54) is 71.4 Å². The highest BCUT2D eigenvalue weighted by atomic mass is 16.4. The smallest absolute Gasteiger partial charge is 0.303 e. The number of aromatic hydroxyl groups is 1. The van der Waals surface area contributed by atoms with Crippen LogP contribution in [0.1, 0.15) is 166 Å². The molecule has 26 N–H and O–H groups in total. The number of aliphatic hydroxyl groups excluding tert-OH is 1. The van der Waals surface area contributed by atoms with Crippen LogP contribution in [0.5, 0.6) is 5.75 Å². The number of benzene rings is 1. The standard InChI is InChI=1S/C76H123N21O22/c1-16-39(10)61(75(118)95-53(26-38(8)9)74(117)97-62(44(15)98)76(119)91-50(63(79)106)23-35(2)3)96-59(103)33-82-65(108)41(12)86-66(109)42(13)87-67(110)43(14)88-71(114)55(29-56(78)100)89-58(102)32-81-64(107)40(11)85-57(101)31-83-69(112)54(28-46-30-80-34-84-46)94-73(116)52(25-37(6)7)93-72(115)51(24-36(4)5)92-70(113)49(21-22-60(104)105)90-68(111)48(77)27-45-17-19-47(99)20-18-45/h17-20,30,34-44,48-55,61-62,98-99H,16,21-29,31-33,77H2,1-15H3,(H2,78,100)(H2,79,106)(H,80,84)(H,81,107)(H,82,108)(H,83,112)(H,85,101)(H,86,109)(H,87,110)(H,88,114)(H,89,102)(H,90,111)(H,91,119)(H,92,113)(H,93,115)(H,94,116)(H,95,118)(H,96,103)(H,97,117)(H,104,105)/t39-,40-,41-,42-,43-,44+,48-,49-,50-,51-,52-,53-,54-,55-,61-,62-/m0/s1. The summed E-state index contributed by atoms with van der Waals surface area (Å²) in [4.78, 5) is 259. The van der Waals surface area contributed by atoms with Crippen molar-refractivity contribution in [1.82, 2.24) is 95.0 Å². The van der Waals surface area contributed by atoms with Crippen molar-refractivity contribution >= 4 is 112 Å². The van der Waals surface area contributed by atoms with Crippen LogP contribution in [-0.2, 0) is 104 Å². The fourth-order valence-electron chi connectivity index (χ4n) is 11.5. The van der Waals surface area contributed by atoms with Crippen molar-refractivity contribution in [1.29, 1.82) is 0 Å². The fourth-order valence-corrected chi connectivity index (χ4v) is 11.5. The Labute approximate surface area is 690 Å². The Morgan fingerprint density at radius 2 is 0.798 bits per heavy atom. The fraction of sp³-hybridized carbons (Fsp3) is 0.632. The number of carboxylic acid groups (broad SMARTS) is 1. The molecule has 1 aromatic heterocycles. The van der Waals surface area contributed by atoms with Crippen LogP contribution in [-0.4, -0.2) is 248 Å². The normalized spacial score (nSPS) is 15.2. The van der Waals surface area contributed by atoms with Gasteiger partial charge in [0, 0.05) is 24.7 Å². The number of imidazole rings is 1. The van der Waals surface area contributed by atoms with Gasteiger partial charge in [0.15, 0.2) is 0 Å². The molecular formula is C76H123N21O22. The molecule has 0 spiro atoms. The number of phenolic OH excluding ortho intramolecular Hbond substituents is 1. The monoisotopic (exact) mass is 1680 g/mol. The maximum Gasteiger partial charge on any atom is 0.303 e. The zero-order chi connectivity index (χ0) is 90.4. The molecule has 664 valence electrons. The molecule has 0 unspecified atom stereocenters. The first-order valence-corrected chi connectivity index (χ1v) is 39.3. The Balaban J connectivity index is 2.05. The van der Waals surface area contributed by atoms with Crippen LogP contribution in [0.3, 0.4) is 0 Å². The van der Waals surface area contributed by atoms with Crippen molar-refractivity contribution in [3.63, 3.8) is 0 Å². The van der Waals surface area contributed by atoms with Gasteiger partial charge in [-0.05, 0) is 120 Å². The van der Waals surface area contributed by atoms with Crippen molar-refractivity contribution < 1.29 is 106 Å². The molecule has 0 bridgehead atoms. The van der Waals surface area contributed by atoms with E-state index in [0.717, 1.165) is 0 Å². The van der Waals surface area contributed by atoms with E-state index in [4.69, 9.17) is 17.2 Å². The number of aromatic nitrogens is 2. The zero-order valence-electron chi connectivity index (χ0n) is 70.0. The van der Waals surface area contributed by atoms with Gasteiger partial charge in [-0.1, -0.05) is 87.8 Å². The van der Waals surface area contributed by atoms with Gasteiger partial charge in [0.1, 0.15) is 84.3 Å². The summed E-state index contributed by atoms with van der Waals surface area (Å²) in [5, 5.41) is 68.5. The molecule has 0 aliphatic carbocycles. The van der Waals surface area contributed by atoms with Gasteiger partial charge in [0.25, 0.3) is 0 Å². The largest absolute Gasteiger partial charge is 0.508 e. The summed E-state index contributed by atoms with van der Waals surface area (Å²) in [6.45, 7) is 21.2. The molecule has 0 fully saturated rings.